The van der Waals surface area contributed by atoms with Gasteiger partial charge in [0, 0.05) is 0 Å². The Labute approximate surface area is 158 Å². The minimum atomic E-state index is -2.01. The number of ether oxygens (including phenoxy) is 1. The second-order valence-electron chi connectivity index (χ2n) is 10.0. The molecule has 0 saturated carbocycles. The van der Waals surface area contributed by atoms with E-state index in [2.05, 4.69) is 67.7 Å². The molecule has 150 valence electrons. The second kappa shape index (κ2) is 8.67. The highest BCUT2D eigenvalue weighted by atomic mass is 28.4. The smallest absolute Gasteiger partial charge is 0.311 e. The van der Waals surface area contributed by atoms with Gasteiger partial charge in [-0.3, -0.25) is 4.79 Å². The van der Waals surface area contributed by atoms with Crippen LogP contribution in [0.2, 0.25) is 36.3 Å². The molecule has 0 aromatic rings. The van der Waals surface area contributed by atoms with Crippen LogP contribution in [0.15, 0.2) is 0 Å². The van der Waals surface area contributed by atoms with Gasteiger partial charge in [0.05, 0.1) is 25.2 Å². The quantitative estimate of drug-likeness (QED) is 0.400. The number of hydrogen-bond acceptors (Lipinski definition) is 4. The van der Waals surface area contributed by atoms with Gasteiger partial charge in [-0.05, 0) is 50.1 Å². The van der Waals surface area contributed by atoms with Crippen molar-refractivity contribution in [1.29, 1.82) is 0 Å². The van der Waals surface area contributed by atoms with Crippen molar-refractivity contribution in [2.45, 2.75) is 97.8 Å². The molecule has 0 fully saturated rings. The highest BCUT2D eigenvalue weighted by molar-refractivity contribution is 6.74. The fourth-order valence-electron chi connectivity index (χ4n) is 1.77. The Bertz CT molecular complexity index is 434. The fraction of sp³-hybridized carbons (Fsp3) is 0.947. The lowest BCUT2D eigenvalue weighted by atomic mass is 10.1. The van der Waals surface area contributed by atoms with Gasteiger partial charge in [-0.2, -0.15) is 0 Å². The van der Waals surface area contributed by atoms with E-state index >= 15 is 0 Å². The molecule has 6 heteroatoms. The monoisotopic (exact) mass is 390 g/mol. The Morgan fingerprint density at radius 2 is 1.36 bits per heavy atom. The molecule has 1 unspecified atom stereocenters. The summed E-state index contributed by atoms with van der Waals surface area (Å²) in [6.45, 7) is 26.7. The molecule has 0 saturated heterocycles. The molecule has 0 aliphatic carbocycles. The van der Waals surface area contributed by atoms with Crippen LogP contribution in [0.5, 0.6) is 0 Å². The topological polar surface area (TPSA) is 44.8 Å². The van der Waals surface area contributed by atoms with Gasteiger partial charge in [-0.25, -0.2) is 0 Å². The lowest BCUT2D eigenvalue weighted by Crippen LogP contribution is -2.50. The van der Waals surface area contributed by atoms with E-state index in [1.54, 1.807) is 0 Å². The largest absolute Gasteiger partial charge is 0.466 e. The van der Waals surface area contributed by atoms with Gasteiger partial charge in [0.25, 0.3) is 0 Å². The van der Waals surface area contributed by atoms with Crippen LogP contribution in [0.4, 0.5) is 0 Å². The third-order valence-corrected chi connectivity index (χ3v) is 14.9. The third kappa shape index (κ3) is 7.15. The first kappa shape index (κ1) is 24.8. The Hall–Kier alpha value is -0.176. The summed E-state index contributed by atoms with van der Waals surface area (Å²) in [6, 6.07) is 0. The lowest BCUT2D eigenvalue weighted by Gasteiger charge is -2.42. The maximum atomic E-state index is 12.3. The van der Waals surface area contributed by atoms with Crippen LogP contribution in [-0.2, 0) is 18.4 Å². The molecule has 2 atom stereocenters. The average Bonchev–Trinajstić information content (AvgIpc) is 2.40. The summed E-state index contributed by atoms with van der Waals surface area (Å²) < 4.78 is 18.2. The molecule has 0 aliphatic heterocycles. The average molecular weight is 391 g/mol. The van der Waals surface area contributed by atoms with Crippen molar-refractivity contribution in [2.75, 3.05) is 13.2 Å². The molecule has 4 nitrogen and oxygen atoms in total. The van der Waals surface area contributed by atoms with E-state index in [9.17, 15) is 4.79 Å². The number of esters is 1. The molecular weight excluding hydrogens is 348 g/mol. The summed E-state index contributed by atoms with van der Waals surface area (Å²) in [4.78, 5) is 12.3. The Kier molecular flexibility index (Phi) is 8.61. The number of rotatable bonds is 8. The molecule has 0 heterocycles. The number of carbonyl (C=O) groups excluding carboxylic acids is 1. The third-order valence-electron chi connectivity index (χ3n) is 5.88. The summed E-state index contributed by atoms with van der Waals surface area (Å²) in [5.74, 6) is -0.538. The fourth-order valence-corrected chi connectivity index (χ4v) is 4.16. The molecule has 0 amide bonds. The van der Waals surface area contributed by atoms with Crippen molar-refractivity contribution in [3.05, 3.63) is 0 Å². The molecule has 0 radical (unpaired) electrons. The molecule has 0 aromatic carbocycles. The van der Waals surface area contributed by atoms with Gasteiger partial charge in [0.1, 0.15) is 0 Å². The number of carbonyl (C=O) groups is 1. The summed E-state index contributed by atoms with van der Waals surface area (Å²) in [7, 11) is -3.92. The maximum Gasteiger partial charge on any atom is 0.311 e. The van der Waals surface area contributed by atoms with E-state index in [4.69, 9.17) is 13.6 Å². The van der Waals surface area contributed by atoms with Crippen LogP contribution in [0.25, 0.3) is 0 Å². The van der Waals surface area contributed by atoms with E-state index in [-0.39, 0.29) is 28.1 Å². The minimum absolute atomic E-state index is 0.0800. The summed E-state index contributed by atoms with van der Waals surface area (Å²) in [5, 5.41) is 0.207. The standard InChI is InChI=1S/C19H42O4Si2/c1-13-21-17(20)15(2)16(23-25(11,12)19(6,7)8)14-22-24(9,10)18(3,4)5/h15-16H,13-14H2,1-12H3/t15-,16?/m1/s1. The molecule has 0 spiro atoms. The molecule has 0 bridgehead atoms. The van der Waals surface area contributed by atoms with E-state index < -0.39 is 16.6 Å². The van der Waals surface area contributed by atoms with E-state index in [1.807, 2.05) is 13.8 Å². The van der Waals surface area contributed by atoms with E-state index in [0.717, 1.165) is 0 Å². The van der Waals surface area contributed by atoms with Crippen molar-refractivity contribution in [2.24, 2.45) is 5.92 Å². The van der Waals surface area contributed by atoms with Crippen molar-refractivity contribution in [3.8, 4) is 0 Å². The van der Waals surface area contributed by atoms with Gasteiger partial charge in [-0.1, -0.05) is 41.5 Å². The maximum absolute atomic E-state index is 12.3. The van der Waals surface area contributed by atoms with Crippen LogP contribution in [-0.4, -0.2) is 41.9 Å². The van der Waals surface area contributed by atoms with Crippen LogP contribution in [0.3, 0.4) is 0 Å². The van der Waals surface area contributed by atoms with Crippen LogP contribution >= 0.6 is 0 Å². The Morgan fingerprint density at radius 1 is 0.920 bits per heavy atom. The van der Waals surface area contributed by atoms with Crippen molar-refractivity contribution < 1.29 is 18.4 Å². The zero-order valence-electron chi connectivity index (χ0n) is 18.7. The van der Waals surface area contributed by atoms with Crippen molar-refractivity contribution >= 4 is 22.6 Å². The van der Waals surface area contributed by atoms with Crippen molar-refractivity contribution in [1.82, 2.24) is 0 Å². The Morgan fingerprint density at radius 3 is 1.72 bits per heavy atom. The zero-order chi connectivity index (χ0) is 20.3. The van der Waals surface area contributed by atoms with Crippen LogP contribution in [0, 0.1) is 5.92 Å². The first-order chi connectivity index (χ1) is 11.0. The Balaban J connectivity index is 5.38. The van der Waals surface area contributed by atoms with Gasteiger partial charge in [0.15, 0.2) is 16.6 Å². The summed E-state index contributed by atoms with van der Waals surface area (Å²) >= 11 is 0. The van der Waals surface area contributed by atoms with Crippen molar-refractivity contribution in [3.63, 3.8) is 0 Å². The van der Waals surface area contributed by atoms with Gasteiger partial charge >= 0.3 is 5.97 Å². The molecule has 0 aliphatic rings. The van der Waals surface area contributed by atoms with Gasteiger partial charge < -0.3 is 13.6 Å². The van der Waals surface area contributed by atoms with Crippen LogP contribution in [0.1, 0.15) is 55.4 Å². The first-order valence-corrected chi connectivity index (χ1v) is 15.3. The first-order valence-electron chi connectivity index (χ1n) is 9.44. The normalized spacial score (nSPS) is 16.5. The molecule has 0 rings (SSSR count). The van der Waals surface area contributed by atoms with Gasteiger partial charge in [-0.15, -0.1) is 0 Å². The zero-order valence-corrected chi connectivity index (χ0v) is 20.7. The van der Waals surface area contributed by atoms with E-state index in [0.29, 0.717) is 13.2 Å². The summed E-state index contributed by atoms with van der Waals surface area (Å²) in [6.07, 6.45) is -0.269. The number of hydrogen-bond donors (Lipinski definition) is 0. The summed E-state index contributed by atoms with van der Waals surface area (Å²) in [5.41, 5.74) is 0. The molecule has 0 N–H and O–H groups in total. The lowest BCUT2D eigenvalue weighted by molar-refractivity contribution is -0.151. The highest BCUT2D eigenvalue weighted by Crippen LogP contribution is 2.40. The second-order valence-corrected chi connectivity index (χ2v) is 19.6. The predicted octanol–water partition coefficient (Wildman–Crippen LogP) is 5.60. The SMILES string of the molecule is CCOC(=O)[C@H](C)C(CO[Si](C)(C)C(C)(C)C)O[Si](C)(C)C(C)(C)C. The predicted molar refractivity (Wildman–Crippen MR) is 111 cm³/mol. The highest BCUT2D eigenvalue weighted by Gasteiger charge is 2.43. The minimum Gasteiger partial charge on any atom is -0.466 e. The van der Waals surface area contributed by atoms with Gasteiger partial charge in [0.2, 0.25) is 0 Å². The molecule has 0 aromatic heterocycles. The molecular formula is C19H42O4Si2. The molecule has 25 heavy (non-hydrogen) atoms. The van der Waals surface area contributed by atoms with Crippen LogP contribution < -0.4 is 0 Å². The van der Waals surface area contributed by atoms with E-state index in [1.165, 1.54) is 0 Å².